The molecule has 0 N–H and O–H groups in total. The normalized spacial score (nSPS) is 19.4. The number of piperidine rings is 1. The van der Waals surface area contributed by atoms with Crippen LogP contribution < -0.4 is 10.5 Å². The third kappa shape index (κ3) is 4.72. The van der Waals surface area contributed by atoms with Gasteiger partial charge in [0.05, 0.1) is 5.69 Å². The second kappa shape index (κ2) is 9.61. The Morgan fingerprint density at radius 1 is 1.28 bits per heavy atom. The Bertz CT molecular complexity index is 1210. The number of Topliss-reactive ketones (excluding diaryl/α,β-unsaturated/α-hetero) is 1. The number of allylic oxidation sites excluding steroid dienone is 3. The second-order valence-electron chi connectivity index (χ2n) is 8.20. The first-order valence-corrected chi connectivity index (χ1v) is 12.6. The SMILES string of the molecule is C=S(C)c1cccc(C(=O)C2CCCN(c3nc(C4=CCC=NC=C4)cc(=O)n3C)C2)c1. The molecule has 0 spiro atoms. The van der Waals surface area contributed by atoms with Gasteiger partial charge in [-0.1, -0.05) is 24.1 Å². The predicted octanol–water partition coefficient (Wildman–Crippen LogP) is 3.94. The summed E-state index contributed by atoms with van der Waals surface area (Å²) < 4.78 is 1.57. The Balaban J connectivity index is 1.61. The molecule has 7 heteroatoms. The summed E-state index contributed by atoms with van der Waals surface area (Å²) >= 11 is 0. The lowest BCUT2D eigenvalue weighted by atomic mass is 9.90. The van der Waals surface area contributed by atoms with Crippen molar-refractivity contribution in [1.82, 2.24) is 9.55 Å². The highest BCUT2D eigenvalue weighted by molar-refractivity contribution is 8.13. The number of carbonyl (C=O) groups is 1. The number of aliphatic imine (C=N–C) groups is 1. The molecule has 1 aromatic carbocycles. The largest absolute Gasteiger partial charge is 0.341 e. The van der Waals surface area contributed by atoms with Crippen LogP contribution in [0.3, 0.4) is 0 Å². The van der Waals surface area contributed by atoms with Crippen LogP contribution in [0.5, 0.6) is 0 Å². The Kier molecular flexibility index (Phi) is 6.65. The zero-order valence-electron chi connectivity index (χ0n) is 18.5. The number of rotatable bonds is 5. The Labute approximate surface area is 190 Å². The highest BCUT2D eigenvalue weighted by Crippen LogP contribution is 2.27. The van der Waals surface area contributed by atoms with Gasteiger partial charge in [-0.15, -0.1) is 0 Å². The number of carbonyl (C=O) groups excluding carboxylic acids is 1. The molecule has 2 unspecified atom stereocenters. The lowest BCUT2D eigenvalue weighted by molar-refractivity contribution is 0.0906. The Morgan fingerprint density at radius 3 is 2.94 bits per heavy atom. The highest BCUT2D eigenvalue weighted by atomic mass is 32.2. The summed E-state index contributed by atoms with van der Waals surface area (Å²) in [4.78, 5) is 38.1. The molecule has 2 aliphatic heterocycles. The van der Waals surface area contributed by atoms with Crippen molar-refractivity contribution in [2.75, 3.05) is 24.2 Å². The summed E-state index contributed by atoms with van der Waals surface area (Å²) in [5, 5.41) is 0. The van der Waals surface area contributed by atoms with E-state index in [4.69, 9.17) is 4.98 Å². The number of aromatic nitrogens is 2. The molecule has 32 heavy (non-hydrogen) atoms. The van der Waals surface area contributed by atoms with E-state index in [9.17, 15) is 9.59 Å². The maximum absolute atomic E-state index is 13.3. The summed E-state index contributed by atoms with van der Waals surface area (Å²) in [6, 6.07) is 9.37. The monoisotopic (exact) mass is 448 g/mol. The highest BCUT2D eigenvalue weighted by Gasteiger charge is 2.29. The molecule has 0 amide bonds. The number of hydrogen-bond acceptors (Lipinski definition) is 5. The lowest BCUT2D eigenvalue weighted by Gasteiger charge is -2.33. The maximum Gasteiger partial charge on any atom is 0.255 e. The fourth-order valence-corrected chi connectivity index (χ4v) is 4.75. The Morgan fingerprint density at radius 2 is 2.12 bits per heavy atom. The number of ketones is 1. The maximum atomic E-state index is 13.3. The van der Waals surface area contributed by atoms with Gasteiger partial charge in [-0.05, 0) is 42.9 Å². The molecule has 1 saturated heterocycles. The van der Waals surface area contributed by atoms with Crippen LogP contribution in [0.4, 0.5) is 5.95 Å². The number of hydrogen-bond donors (Lipinski definition) is 0. The molecule has 0 saturated carbocycles. The van der Waals surface area contributed by atoms with Gasteiger partial charge < -0.3 is 4.90 Å². The van der Waals surface area contributed by atoms with Gasteiger partial charge in [0.1, 0.15) is 0 Å². The smallest absolute Gasteiger partial charge is 0.255 e. The average Bonchev–Trinajstić information content (AvgIpc) is 3.10. The molecule has 3 heterocycles. The molecule has 6 nitrogen and oxygen atoms in total. The van der Waals surface area contributed by atoms with Crippen LogP contribution in [-0.4, -0.2) is 46.8 Å². The van der Waals surface area contributed by atoms with Crippen LogP contribution in [0.1, 0.15) is 35.3 Å². The van der Waals surface area contributed by atoms with E-state index < -0.39 is 0 Å². The lowest BCUT2D eigenvalue weighted by Crippen LogP contribution is -2.42. The molecule has 2 aliphatic rings. The number of nitrogens with zero attached hydrogens (tertiary/aromatic N) is 4. The number of benzene rings is 1. The fourth-order valence-electron chi connectivity index (χ4n) is 4.12. The van der Waals surface area contributed by atoms with E-state index in [0.717, 1.165) is 35.4 Å². The zero-order chi connectivity index (χ0) is 22.7. The predicted molar refractivity (Wildman–Crippen MR) is 134 cm³/mol. The van der Waals surface area contributed by atoms with Crippen molar-refractivity contribution in [2.24, 2.45) is 18.0 Å². The van der Waals surface area contributed by atoms with Crippen LogP contribution in [-0.2, 0) is 7.05 Å². The van der Waals surface area contributed by atoms with Crippen LogP contribution in [0.25, 0.3) is 5.57 Å². The molecular formula is C25H28N4O2S. The van der Waals surface area contributed by atoms with E-state index >= 15 is 0 Å². The number of anilines is 1. The first kappa shape index (κ1) is 22.1. The average molecular weight is 449 g/mol. The van der Waals surface area contributed by atoms with E-state index in [0.29, 0.717) is 24.6 Å². The van der Waals surface area contributed by atoms with Crippen LogP contribution in [0.15, 0.2) is 63.4 Å². The first-order valence-electron chi connectivity index (χ1n) is 10.8. The van der Waals surface area contributed by atoms with Gasteiger partial charge in [0, 0.05) is 61.4 Å². The minimum Gasteiger partial charge on any atom is -0.341 e. The topological polar surface area (TPSA) is 67.6 Å². The van der Waals surface area contributed by atoms with Crippen molar-refractivity contribution in [2.45, 2.75) is 24.2 Å². The molecular weight excluding hydrogens is 420 g/mol. The molecule has 1 fully saturated rings. The Hall–Kier alpha value is -3.06. The molecule has 0 aliphatic carbocycles. The van der Waals surface area contributed by atoms with Gasteiger partial charge >= 0.3 is 0 Å². The van der Waals surface area contributed by atoms with E-state index in [1.54, 1.807) is 23.9 Å². The molecule has 2 atom stereocenters. The van der Waals surface area contributed by atoms with Gasteiger partial charge in [0.2, 0.25) is 5.95 Å². The van der Waals surface area contributed by atoms with Crippen molar-refractivity contribution >= 4 is 39.9 Å². The van der Waals surface area contributed by atoms with E-state index in [1.807, 2.05) is 42.6 Å². The molecule has 1 aromatic heterocycles. The standard InChI is InChI=1S/C25H28N4O2S/c1-28-23(30)16-22(18-8-5-12-26-13-11-18)27-25(28)29-14-6-9-20(17-29)24(31)19-7-4-10-21(15-19)32(2)3/h4,7-8,10-13,15-16,20H,2,5-6,9,14,17H2,1,3H3. The third-order valence-corrected chi connectivity index (χ3v) is 6.95. The van der Waals surface area contributed by atoms with Gasteiger partial charge in [0.25, 0.3) is 5.56 Å². The minimum atomic E-state index is -0.140. The molecule has 0 radical (unpaired) electrons. The molecule has 2 aromatic rings. The van der Waals surface area contributed by atoms with Gasteiger partial charge in [-0.3, -0.25) is 19.1 Å². The van der Waals surface area contributed by atoms with Crippen LogP contribution >= 0.6 is 10.5 Å². The van der Waals surface area contributed by atoms with Crippen molar-refractivity contribution < 1.29 is 4.79 Å². The van der Waals surface area contributed by atoms with Gasteiger partial charge in [-0.25, -0.2) is 4.98 Å². The third-order valence-electron chi connectivity index (χ3n) is 5.89. The summed E-state index contributed by atoms with van der Waals surface area (Å²) in [6.45, 7) is 1.32. The zero-order valence-corrected chi connectivity index (χ0v) is 19.3. The fraction of sp³-hybridized carbons (Fsp3) is 0.320. The summed E-state index contributed by atoms with van der Waals surface area (Å²) in [7, 11) is 1.60. The second-order valence-corrected chi connectivity index (χ2v) is 9.94. The van der Waals surface area contributed by atoms with Crippen LogP contribution in [0, 0.1) is 5.92 Å². The van der Waals surface area contributed by atoms with E-state index in [1.165, 1.54) is 0 Å². The summed E-state index contributed by atoms with van der Waals surface area (Å²) in [5.74, 6) is 4.71. The van der Waals surface area contributed by atoms with Gasteiger partial charge in [-0.2, -0.15) is 10.5 Å². The van der Waals surface area contributed by atoms with E-state index in [-0.39, 0.29) is 27.7 Å². The molecule has 4 rings (SSSR count). The van der Waals surface area contributed by atoms with Crippen molar-refractivity contribution in [1.29, 1.82) is 0 Å². The quantitative estimate of drug-likeness (QED) is 0.513. The summed E-state index contributed by atoms with van der Waals surface area (Å²) in [6.07, 6.45) is 11.9. The van der Waals surface area contributed by atoms with Crippen molar-refractivity contribution in [3.05, 3.63) is 70.3 Å². The van der Waals surface area contributed by atoms with Crippen molar-refractivity contribution in [3.63, 3.8) is 0 Å². The molecule has 0 bridgehead atoms. The van der Waals surface area contributed by atoms with Crippen LogP contribution in [0.2, 0.25) is 0 Å². The first-order chi connectivity index (χ1) is 15.4. The van der Waals surface area contributed by atoms with Gasteiger partial charge in [0.15, 0.2) is 5.78 Å². The minimum absolute atomic E-state index is 0.115. The van der Waals surface area contributed by atoms with E-state index in [2.05, 4.69) is 22.0 Å². The van der Waals surface area contributed by atoms with Crippen molar-refractivity contribution in [3.8, 4) is 0 Å². The summed E-state index contributed by atoms with van der Waals surface area (Å²) in [5.41, 5.74) is 2.14. The molecule has 166 valence electrons.